The van der Waals surface area contributed by atoms with E-state index in [-0.39, 0.29) is 11.9 Å². The number of hydrogen-bond acceptors (Lipinski definition) is 6. The van der Waals surface area contributed by atoms with Crippen LogP contribution in [0.25, 0.3) is 0 Å². The van der Waals surface area contributed by atoms with E-state index >= 15 is 0 Å². The van der Waals surface area contributed by atoms with Gasteiger partial charge in [-0.1, -0.05) is 54.1 Å². The minimum atomic E-state index is -0.208. The van der Waals surface area contributed by atoms with Gasteiger partial charge in [-0.3, -0.25) is 9.69 Å². The molecule has 0 saturated carbocycles. The SMILES string of the molecule is COc1ccc(CN(Cc2nc(C(=O)Nc3ccc(C)cc3)cs2)C(C)c2ccccc2)c(OC)c1. The van der Waals surface area contributed by atoms with Gasteiger partial charge in [0.1, 0.15) is 22.2 Å². The second-order valence-corrected chi connectivity index (χ2v) is 9.56. The fourth-order valence-electron chi connectivity index (χ4n) is 3.97. The number of aryl methyl sites for hydroxylation is 1. The van der Waals surface area contributed by atoms with Crippen LogP contribution in [-0.4, -0.2) is 30.0 Å². The van der Waals surface area contributed by atoms with Gasteiger partial charge in [0.2, 0.25) is 0 Å². The Bertz CT molecular complexity index is 1290. The highest BCUT2D eigenvalue weighted by Crippen LogP contribution is 2.31. The zero-order valence-electron chi connectivity index (χ0n) is 21.0. The number of methoxy groups -OCH3 is 2. The number of amides is 1. The van der Waals surface area contributed by atoms with E-state index < -0.39 is 0 Å². The van der Waals surface area contributed by atoms with Crippen LogP contribution >= 0.6 is 11.3 Å². The minimum Gasteiger partial charge on any atom is -0.497 e. The summed E-state index contributed by atoms with van der Waals surface area (Å²) in [5.74, 6) is 1.32. The molecule has 1 atom stereocenters. The Morgan fingerprint density at radius 2 is 1.75 bits per heavy atom. The van der Waals surface area contributed by atoms with Crippen LogP contribution < -0.4 is 14.8 Å². The Morgan fingerprint density at radius 1 is 1.00 bits per heavy atom. The number of rotatable bonds is 10. The number of nitrogens with zero attached hydrogens (tertiary/aromatic N) is 2. The van der Waals surface area contributed by atoms with Gasteiger partial charge in [0.15, 0.2) is 0 Å². The van der Waals surface area contributed by atoms with E-state index in [2.05, 4.69) is 46.4 Å². The van der Waals surface area contributed by atoms with Crippen molar-refractivity contribution in [1.29, 1.82) is 0 Å². The first kappa shape index (κ1) is 25.4. The molecule has 0 radical (unpaired) electrons. The summed E-state index contributed by atoms with van der Waals surface area (Å²) >= 11 is 1.49. The zero-order chi connectivity index (χ0) is 25.5. The standard InChI is InChI=1S/C29H31N3O3S/c1-20-10-13-24(14-11-20)30-29(33)26-19-36-28(31-26)18-32(21(2)22-8-6-5-7-9-22)17-23-12-15-25(34-3)16-27(23)35-4/h5-16,19,21H,17-18H2,1-4H3,(H,30,33). The smallest absolute Gasteiger partial charge is 0.275 e. The summed E-state index contributed by atoms with van der Waals surface area (Å²) in [5, 5.41) is 5.62. The van der Waals surface area contributed by atoms with Crippen molar-refractivity contribution >= 4 is 22.9 Å². The molecule has 0 aliphatic heterocycles. The van der Waals surface area contributed by atoms with Crippen LogP contribution in [0.4, 0.5) is 5.69 Å². The molecule has 186 valence electrons. The maximum absolute atomic E-state index is 12.8. The largest absolute Gasteiger partial charge is 0.497 e. The molecule has 0 fully saturated rings. The summed E-state index contributed by atoms with van der Waals surface area (Å²) in [6.45, 7) is 5.44. The quantitative estimate of drug-likeness (QED) is 0.269. The molecule has 0 aliphatic carbocycles. The van der Waals surface area contributed by atoms with Gasteiger partial charge in [-0.05, 0) is 37.6 Å². The number of benzene rings is 3. The predicted molar refractivity (Wildman–Crippen MR) is 145 cm³/mol. The molecule has 3 aromatic carbocycles. The molecule has 0 spiro atoms. The molecular formula is C29H31N3O3S. The van der Waals surface area contributed by atoms with Gasteiger partial charge in [0.05, 0.1) is 20.8 Å². The lowest BCUT2D eigenvalue weighted by molar-refractivity contribution is 0.102. The number of hydrogen-bond donors (Lipinski definition) is 1. The number of carbonyl (C=O) groups excluding carboxylic acids is 1. The normalized spacial score (nSPS) is 11.8. The molecule has 1 amide bonds. The molecule has 36 heavy (non-hydrogen) atoms. The molecule has 7 heteroatoms. The summed E-state index contributed by atoms with van der Waals surface area (Å²) in [4.78, 5) is 19.8. The van der Waals surface area contributed by atoms with Crippen LogP contribution in [0, 0.1) is 6.92 Å². The van der Waals surface area contributed by atoms with Gasteiger partial charge in [0.25, 0.3) is 5.91 Å². The Balaban J connectivity index is 1.55. The van der Waals surface area contributed by atoms with Gasteiger partial charge < -0.3 is 14.8 Å². The summed E-state index contributed by atoms with van der Waals surface area (Å²) < 4.78 is 11.0. The molecule has 1 unspecified atom stereocenters. The van der Waals surface area contributed by atoms with Gasteiger partial charge in [0, 0.05) is 35.3 Å². The third kappa shape index (κ3) is 6.30. The molecule has 4 rings (SSSR count). The molecule has 0 saturated heterocycles. The number of ether oxygens (including phenoxy) is 2. The van der Waals surface area contributed by atoms with Crippen molar-refractivity contribution in [3.8, 4) is 11.5 Å². The topological polar surface area (TPSA) is 63.7 Å². The molecule has 4 aromatic rings. The molecule has 0 bridgehead atoms. The van der Waals surface area contributed by atoms with Crippen LogP contribution in [0.1, 0.15) is 45.2 Å². The van der Waals surface area contributed by atoms with Crippen molar-refractivity contribution in [1.82, 2.24) is 9.88 Å². The second-order valence-electron chi connectivity index (χ2n) is 8.62. The summed E-state index contributed by atoms with van der Waals surface area (Å²) in [7, 11) is 3.32. The molecule has 1 heterocycles. The highest BCUT2D eigenvalue weighted by Gasteiger charge is 2.21. The average Bonchev–Trinajstić information content (AvgIpc) is 3.38. The van der Waals surface area contributed by atoms with E-state index in [4.69, 9.17) is 9.47 Å². The van der Waals surface area contributed by atoms with E-state index in [1.165, 1.54) is 16.9 Å². The van der Waals surface area contributed by atoms with Crippen molar-refractivity contribution in [2.24, 2.45) is 0 Å². The van der Waals surface area contributed by atoms with Crippen molar-refractivity contribution in [3.63, 3.8) is 0 Å². The fraction of sp³-hybridized carbons (Fsp3) is 0.241. The third-order valence-corrected chi connectivity index (χ3v) is 6.96. The Kier molecular flexibility index (Phi) is 8.36. The van der Waals surface area contributed by atoms with E-state index in [1.54, 1.807) is 14.2 Å². The van der Waals surface area contributed by atoms with Gasteiger partial charge in [-0.2, -0.15) is 0 Å². The van der Waals surface area contributed by atoms with E-state index in [0.29, 0.717) is 18.8 Å². The Hall–Kier alpha value is -3.68. The first-order valence-corrected chi connectivity index (χ1v) is 12.7. The maximum Gasteiger partial charge on any atom is 0.275 e. The number of nitrogens with one attached hydrogen (secondary N) is 1. The molecule has 1 aromatic heterocycles. The fourth-order valence-corrected chi connectivity index (χ4v) is 4.77. The Morgan fingerprint density at radius 3 is 2.44 bits per heavy atom. The maximum atomic E-state index is 12.8. The van der Waals surface area contributed by atoms with Crippen molar-refractivity contribution < 1.29 is 14.3 Å². The van der Waals surface area contributed by atoms with Crippen LogP contribution in [-0.2, 0) is 13.1 Å². The lowest BCUT2D eigenvalue weighted by atomic mass is 10.1. The van der Waals surface area contributed by atoms with Crippen LogP contribution in [0.5, 0.6) is 11.5 Å². The van der Waals surface area contributed by atoms with E-state index in [0.717, 1.165) is 33.3 Å². The second kappa shape index (κ2) is 11.8. The monoisotopic (exact) mass is 501 g/mol. The first-order valence-electron chi connectivity index (χ1n) is 11.8. The van der Waals surface area contributed by atoms with Gasteiger partial charge >= 0.3 is 0 Å². The summed E-state index contributed by atoms with van der Waals surface area (Å²) in [6, 6.07) is 24.1. The van der Waals surface area contributed by atoms with Crippen molar-refractivity contribution in [2.45, 2.75) is 33.0 Å². The minimum absolute atomic E-state index is 0.117. The Labute approximate surface area is 216 Å². The number of aromatic nitrogens is 1. The number of anilines is 1. The molecular weight excluding hydrogens is 470 g/mol. The predicted octanol–water partition coefficient (Wildman–Crippen LogP) is 6.48. The number of carbonyl (C=O) groups is 1. The lowest BCUT2D eigenvalue weighted by Crippen LogP contribution is -2.26. The highest BCUT2D eigenvalue weighted by molar-refractivity contribution is 7.09. The van der Waals surface area contributed by atoms with Crippen LogP contribution in [0.2, 0.25) is 0 Å². The highest BCUT2D eigenvalue weighted by atomic mass is 32.1. The van der Waals surface area contributed by atoms with Gasteiger partial charge in [-0.15, -0.1) is 11.3 Å². The molecule has 0 aliphatic rings. The lowest BCUT2D eigenvalue weighted by Gasteiger charge is -2.29. The number of thiazole rings is 1. The summed E-state index contributed by atoms with van der Waals surface area (Å²) in [5.41, 5.74) is 4.58. The van der Waals surface area contributed by atoms with Crippen molar-refractivity contribution in [2.75, 3.05) is 19.5 Å². The molecule has 1 N–H and O–H groups in total. The average molecular weight is 502 g/mol. The van der Waals surface area contributed by atoms with E-state index in [9.17, 15) is 4.79 Å². The van der Waals surface area contributed by atoms with Crippen LogP contribution in [0.3, 0.4) is 0 Å². The van der Waals surface area contributed by atoms with Crippen LogP contribution in [0.15, 0.2) is 78.2 Å². The third-order valence-electron chi connectivity index (χ3n) is 6.13. The zero-order valence-corrected chi connectivity index (χ0v) is 21.8. The first-order chi connectivity index (χ1) is 17.5. The van der Waals surface area contributed by atoms with Crippen molar-refractivity contribution in [3.05, 3.63) is 106 Å². The van der Waals surface area contributed by atoms with Gasteiger partial charge in [-0.25, -0.2) is 4.98 Å². The van der Waals surface area contributed by atoms with E-state index in [1.807, 2.05) is 60.8 Å². The summed E-state index contributed by atoms with van der Waals surface area (Å²) in [6.07, 6.45) is 0. The molecule has 6 nitrogen and oxygen atoms in total.